The molecule has 7 heteroatoms. The second-order valence-corrected chi connectivity index (χ2v) is 8.20. The van der Waals surface area contributed by atoms with Crippen molar-refractivity contribution >= 4 is 35.3 Å². The molecular weight excluding hydrogens is 398 g/mol. The Morgan fingerprint density at radius 2 is 1.87 bits per heavy atom. The van der Waals surface area contributed by atoms with E-state index in [1.807, 2.05) is 57.2 Å². The van der Waals surface area contributed by atoms with E-state index in [1.165, 1.54) is 0 Å². The van der Waals surface area contributed by atoms with E-state index in [4.69, 9.17) is 5.41 Å². The van der Waals surface area contributed by atoms with Crippen LogP contribution < -0.4 is 5.69 Å². The molecule has 0 saturated heterocycles. The molecule has 0 aliphatic heterocycles. The third kappa shape index (κ3) is 4.21. The molecule has 0 bridgehead atoms. The molecule has 1 unspecified atom stereocenters. The summed E-state index contributed by atoms with van der Waals surface area (Å²) in [4.78, 5) is 25.5. The van der Waals surface area contributed by atoms with Gasteiger partial charge in [-0.1, -0.05) is 31.5 Å². The third-order valence-electron chi connectivity index (χ3n) is 5.34. The lowest BCUT2D eigenvalue weighted by Crippen LogP contribution is -2.30. The van der Waals surface area contributed by atoms with Crippen molar-refractivity contribution in [3.63, 3.8) is 0 Å². The van der Waals surface area contributed by atoms with Gasteiger partial charge in [-0.15, -0.1) is 12.6 Å². The summed E-state index contributed by atoms with van der Waals surface area (Å²) >= 11 is 4.55. The summed E-state index contributed by atoms with van der Waals surface area (Å²) in [5, 5.41) is 18.0. The Balaban J connectivity index is 2.12. The fourth-order valence-electron chi connectivity index (χ4n) is 4.17. The molecule has 3 rings (SSSR count). The van der Waals surface area contributed by atoms with E-state index in [0.29, 0.717) is 28.1 Å². The average molecular weight is 426 g/mol. The topological polar surface area (TPSA) is 88.1 Å². The summed E-state index contributed by atoms with van der Waals surface area (Å²) in [6.07, 6.45) is 1.25. The van der Waals surface area contributed by atoms with Crippen LogP contribution in [0.4, 0.5) is 0 Å². The fourth-order valence-corrected chi connectivity index (χ4v) is 4.69. The maximum absolute atomic E-state index is 13.4. The molecule has 0 saturated carbocycles. The minimum Gasteiger partial charge on any atom is -0.481 e. The number of carboxylic acids is 1. The summed E-state index contributed by atoms with van der Waals surface area (Å²) < 4.78 is 3.15. The van der Waals surface area contributed by atoms with Crippen LogP contribution in [0.2, 0.25) is 0 Å². The van der Waals surface area contributed by atoms with Crippen molar-refractivity contribution in [1.29, 1.82) is 5.41 Å². The number of aryl methyl sites for hydroxylation is 2. The smallest absolute Gasteiger partial charge is 0.329 e. The van der Waals surface area contributed by atoms with Gasteiger partial charge < -0.3 is 10.5 Å². The van der Waals surface area contributed by atoms with Crippen LogP contribution >= 0.6 is 12.6 Å². The van der Waals surface area contributed by atoms with Gasteiger partial charge in [-0.3, -0.25) is 13.9 Å². The highest BCUT2D eigenvalue weighted by atomic mass is 32.1. The Morgan fingerprint density at radius 1 is 1.20 bits per heavy atom. The standard InChI is InChI=1S/C23H27N3O3S/c1-4-7-16(12-21(27)28)26-19-9-6-5-8-18(19)25(23(26)29)13-17(24)22-15(3)10-14(2)11-20(22)30/h5-6,8-11,16,24,30H,4,7,12-13H2,1-3H3,(H,27,28). The lowest BCUT2D eigenvalue weighted by atomic mass is 10.0. The average Bonchev–Trinajstić information content (AvgIpc) is 2.92. The number of carboxylic acid groups (broad SMARTS) is 1. The normalized spacial score (nSPS) is 12.3. The number of fused-ring (bicyclic) bond motifs is 1. The molecule has 2 aromatic carbocycles. The number of para-hydroxylation sites is 2. The van der Waals surface area contributed by atoms with E-state index < -0.39 is 12.0 Å². The highest BCUT2D eigenvalue weighted by Crippen LogP contribution is 2.25. The zero-order valence-corrected chi connectivity index (χ0v) is 18.4. The van der Waals surface area contributed by atoms with Gasteiger partial charge in [0.1, 0.15) is 0 Å². The first kappa shape index (κ1) is 21.9. The number of hydrogen-bond acceptors (Lipinski definition) is 4. The van der Waals surface area contributed by atoms with E-state index in [0.717, 1.165) is 23.1 Å². The van der Waals surface area contributed by atoms with Crippen molar-refractivity contribution in [2.24, 2.45) is 0 Å². The molecule has 3 aromatic rings. The first-order valence-electron chi connectivity index (χ1n) is 10.0. The van der Waals surface area contributed by atoms with Crippen LogP contribution in [-0.2, 0) is 11.3 Å². The number of aromatic nitrogens is 2. The number of nitrogens with one attached hydrogen (secondary N) is 1. The van der Waals surface area contributed by atoms with E-state index in [-0.39, 0.29) is 18.7 Å². The molecule has 0 aliphatic rings. The van der Waals surface area contributed by atoms with Crippen molar-refractivity contribution in [2.75, 3.05) is 0 Å². The molecule has 0 fully saturated rings. The summed E-state index contributed by atoms with van der Waals surface area (Å²) in [5.74, 6) is -0.931. The van der Waals surface area contributed by atoms with Crippen LogP contribution in [-0.4, -0.2) is 25.9 Å². The van der Waals surface area contributed by atoms with Crippen LogP contribution in [0.5, 0.6) is 0 Å². The maximum Gasteiger partial charge on any atom is 0.329 e. The second kappa shape index (κ2) is 8.92. The monoisotopic (exact) mass is 425 g/mol. The quantitative estimate of drug-likeness (QED) is 0.364. The predicted octanol–water partition coefficient (Wildman–Crippen LogP) is 4.59. The van der Waals surface area contributed by atoms with Gasteiger partial charge in [0.25, 0.3) is 0 Å². The molecule has 30 heavy (non-hydrogen) atoms. The SMILES string of the molecule is CCCC(CC(=O)O)n1c(=O)n(CC(=N)c2c(C)cc(C)cc2S)c2ccccc21. The number of aliphatic carboxylic acids is 1. The van der Waals surface area contributed by atoms with Gasteiger partial charge in [0, 0.05) is 16.5 Å². The Hall–Kier alpha value is -2.80. The van der Waals surface area contributed by atoms with Crippen molar-refractivity contribution in [1.82, 2.24) is 9.13 Å². The third-order valence-corrected chi connectivity index (χ3v) is 5.70. The van der Waals surface area contributed by atoms with Crippen LogP contribution in [0, 0.1) is 19.3 Å². The molecule has 1 heterocycles. The van der Waals surface area contributed by atoms with Crippen LogP contribution in [0.25, 0.3) is 11.0 Å². The van der Waals surface area contributed by atoms with Gasteiger partial charge in [-0.2, -0.15) is 0 Å². The Labute approximate surface area is 181 Å². The van der Waals surface area contributed by atoms with Gasteiger partial charge in [-0.25, -0.2) is 4.79 Å². The molecule has 0 spiro atoms. The molecule has 1 aromatic heterocycles. The molecule has 0 radical (unpaired) electrons. The minimum atomic E-state index is -0.931. The molecule has 2 N–H and O–H groups in total. The van der Waals surface area contributed by atoms with E-state index in [2.05, 4.69) is 12.6 Å². The molecule has 6 nitrogen and oxygen atoms in total. The van der Waals surface area contributed by atoms with Crippen molar-refractivity contribution in [2.45, 2.75) is 57.5 Å². The highest BCUT2D eigenvalue weighted by Gasteiger charge is 2.23. The summed E-state index contributed by atoms with van der Waals surface area (Å²) in [7, 11) is 0. The number of nitrogens with zero attached hydrogens (tertiary/aromatic N) is 2. The number of carbonyl (C=O) groups is 1. The van der Waals surface area contributed by atoms with Crippen molar-refractivity contribution < 1.29 is 9.90 Å². The van der Waals surface area contributed by atoms with Gasteiger partial charge in [0.15, 0.2) is 0 Å². The van der Waals surface area contributed by atoms with Gasteiger partial charge in [0.05, 0.1) is 29.7 Å². The van der Waals surface area contributed by atoms with Crippen molar-refractivity contribution in [3.05, 3.63) is 63.6 Å². The second-order valence-electron chi connectivity index (χ2n) is 7.72. The molecular formula is C23H27N3O3S. The Kier molecular flexibility index (Phi) is 6.51. The summed E-state index contributed by atoms with van der Waals surface area (Å²) in [5.41, 5.74) is 4.14. The van der Waals surface area contributed by atoms with Gasteiger partial charge in [0.2, 0.25) is 0 Å². The van der Waals surface area contributed by atoms with Gasteiger partial charge >= 0.3 is 11.7 Å². The van der Waals surface area contributed by atoms with E-state index in [1.54, 1.807) is 9.13 Å². The minimum absolute atomic E-state index is 0.0930. The first-order chi connectivity index (χ1) is 14.2. The predicted molar refractivity (Wildman–Crippen MR) is 122 cm³/mol. The van der Waals surface area contributed by atoms with Crippen LogP contribution in [0.15, 0.2) is 46.1 Å². The van der Waals surface area contributed by atoms with E-state index >= 15 is 0 Å². The van der Waals surface area contributed by atoms with Crippen LogP contribution in [0.1, 0.15) is 48.9 Å². The number of hydrogen-bond donors (Lipinski definition) is 3. The van der Waals surface area contributed by atoms with Crippen LogP contribution in [0.3, 0.4) is 0 Å². The number of imidazole rings is 1. The number of thiol groups is 1. The highest BCUT2D eigenvalue weighted by molar-refractivity contribution is 7.80. The lowest BCUT2D eigenvalue weighted by Gasteiger charge is -2.16. The first-order valence-corrected chi connectivity index (χ1v) is 10.5. The Bertz CT molecular complexity index is 1150. The zero-order valence-electron chi connectivity index (χ0n) is 17.5. The van der Waals surface area contributed by atoms with Gasteiger partial charge in [-0.05, 0) is 49.6 Å². The Morgan fingerprint density at radius 3 is 2.47 bits per heavy atom. The van der Waals surface area contributed by atoms with E-state index in [9.17, 15) is 14.7 Å². The zero-order chi connectivity index (χ0) is 22.0. The maximum atomic E-state index is 13.4. The number of benzene rings is 2. The lowest BCUT2D eigenvalue weighted by molar-refractivity contribution is -0.137. The number of rotatable bonds is 8. The molecule has 1 atom stereocenters. The summed E-state index contributed by atoms with van der Waals surface area (Å²) in [6, 6.07) is 10.8. The largest absolute Gasteiger partial charge is 0.481 e. The molecule has 158 valence electrons. The van der Waals surface area contributed by atoms with Crippen molar-refractivity contribution in [3.8, 4) is 0 Å². The molecule has 0 amide bonds. The summed E-state index contributed by atoms with van der Waals surface area (Å²) in [6.45, 7) is 5.99. The molecule has 0 aliphatic carbocycles. The fraction of sp³-hybridized carbons (Fsp3) is 0.348.